The molecule has 4 aromatic rings. The molecule has 4 heteroatoms. The summed E-state index contributed by atoms with van der Waals surface area (Å²) < 4.78 is 13.3. The molecule has 27 heavy (non-hydrogen) atoms. The third-order valence-corrected chi connectivity index (χ3v) is 4.50. The fourth-order valence-electron chi connectivity index (χ4n) is 3.05. The fraction of sp³-hybridized carbons (Fsp3) is 0.130. The van der Waals surface area contributed by atoms with E-state index in [2.05, 4.69) is 29.1 Å². The van der Waals surface area contributed by atoms with Crippen molar-refractivity contribution in [3.63, 3.8) is 0 Å². The lowest BCUT2D eigenvalue weighted by molar-refractivity contribution is -0.688. The molecule has 4 nitrogen and oxygen atoms in total. The van der Waals surface area contributed by atoms with Gasteiger partial charge in [-0.25, -0.2) is 9.36 Å². The number of rotatable bonds is 5. The summed E-state index contributed by atoms with van der Waals surface area (Å²) in [6.45, 7) is 3.19. The topological polar surface area (TPSA) is 43.3 Å². The van der Waals surface area contributed by atoms with Crippen LogP contribution in [0.15, 0.2) is 88.3 Å². The molecule has 0 fully saturated rings. The minimum absolute atomic E-state index is 0.344. The van der Waals surface area contributed by atoms with E-state index < -0.39 is 0 Å². The van der Waals surface area contributed by atoms with Gasteiger partial charge in [-0.3, -0.25) is 0 Å². The summed E-state index contributed by atoms with van der Waals surface area (Å²) in [6, 6.07) is 21.5. The Bertz CT molecular complexity index is 1120. The van der Waals surface area contributed by atoms with Gasteiger partial charge in [-0.15, -0.1) is 0 Å². The van der Waals surface area contributed by atoms with Crippen LogP contribution in [-0.2, 0) is 13.2 Å². The number of pyridine rings is 1. The van der Waals surface area contributed by atoms with Crippen LogP contribution in [0.2, 0.25) is 0 Å². The molecule has 0 spiro atoms. The molecule has 0 aliphatic rings. The number of fused-ring (bicyclic) bond motifs is 1. The summed E-state index contributed by atoms with van der Waals surface area (Å²) in [5.41, 5.74) is 3.44. The zero-order valence-electron chi connectivity index (χ0n) is 15.1. The molecule has 0 saturated carbocycles. The van der Waals surface area contributed by atoms with Crippen LogP contribution in [0.1, 0.15) is 16.7 Å². The van der Waals surface area contributed by atoms with Crippen molar-refractivity contribution in [1.82, 2.24) is 0 Å². The van der Waals surface area contributed by atoms with Gasteiger partial charge >= 0.3 is 5.63 Å². The molecule has 2 aromatic carbocycles. The maximum absolute atomic E-state index is 11.5. The second kappa shape index (κ2) is 7.46. The second-order valence-electron chi connectivity index (χ2n) is 6.56. The lowest BCUT2D eigenvalue weighted by Gasteiger charge is -2.07. The summed E-state index contributed by atoms with van der Waals surface area (Å²) >= 11 is 0. The highest BCUT2D eigenvalue weighted by molar-refractivity contribution is 5.81. The van der Waals surface area contributed by atoms with Gasteiger partial charge in [-0.2, -0.15) is 0 Å². The number of aromatic nitrogens is 1. The Balaban J connectivity index is 1.44. The van der Waals surface area contributed by atoms with Crippen LogP contribution >= 0.6 is 0 Å². The minimum atomic E-state index is -0.344. The van der Waals surface area contributed by atoms with E-state index in [1.165, 1.54) is 11.6 Å². The van der Waals surface area contributed by atoms with E-state index in [4.69, 9.17) is 9.15 Å². The van der Waals surface area contributed by atoms with Crippen LogP contribution in [0.25, 0.3) is 11.0 Å². The minimum Gasteiger partial charge on any atom is -0.489 e. The molecule has 0 aliphatic carbocycles. The number of benzene rings is 2. The molecular formula is C23H20NO3+. The molecule has 134 valence electrons. The molecule has 0 unspecified atom stereocenters. The third-order valence-electron chi connectivity index (χ3n) is 4.50. The Morgan fingerprint density at radius 1 is 0.926 bits per heavy atom. The van der Waals surface area contributed by atoms with Gasteiger partial charge in [0.2, 0.25) is 0 Å². The predicted molar refractivity (Wildman–Crippen MR) is 104 cm³/mol. The second-order valence-corrected chi connectivity index (χ2v) is 6.56. The third kappa shape index (κ3) is 4.06. The highest BCUT2D eigenvalue weighted by Crippen LogP contribution is 2.22. The molecule has 0 aliphatic heterocycles. The average Bonchev–Trinajstić information content (AvgIpc) is 2.68. The van der Waals surface area contributed by atoms with E-state index in [0.717, 1.165) is 23.1 Å². The van der Waals surface area contributed by atoms with Gasteiger partial charge in [0.1, 0.15) is 17.9 Å². The van der Waals surface area contributed by atoms with Crippen LogP contribution in [0, 0.1) is 6.92 Å². The number of hydrogen-bond acceptors (Lipinski definition) is 3. The smallest absolute Gasteiger partial charge is 0.336 e. The van der Waals surface area contributed by atoms with Gasteiger partial charge in [0.15, 0.2) is 18.9 Å². The zero-order chi connectivity index (χ0) is 18.6. The summed E-state index contributed by atoms with van der Waals surface area (Å²) in [5, 5.41) is 0.920. The Morgan fingerprint density at radius 2 is 1.70 bits per heavy atom. The summed E-state index contributed by atoms with van der Waals surface area (Å²) in [6.07, 6.45) is 4.10. The van der Waals surface area contributed by atoms with Crippen molar-refractivity contribution in [2.24, 2.45) is 0 Å². The SMILES string of the molecule is Cc1cc(=O)oc2cc(OCc3cc[n+](Cc4ccccc4)cc3)ccc12. The molecule has 0 saturated heterocycles. The van der Waals surface area contributed by atoms with Gasteiger partial charge in [0.25, 0.3) is 0 Å². The quantitative estimate of drug-likeness (QED) is 0.400. The standard InChI is InChI=1S/C23H20NO3/c1-17-13-23(25)27-22-14-20(7-8-21(17)22)26-16-19-9-11-24(12-10-19)15-18-5-3-2-4-6-18/h2-14H,15-16H2,1H3/q+1. The molecule has 4 rings (SSSR count). The highest BCUT2D eigenvalue weighted by Gasteiger charge is 2.06. The lowest BCUT2D eigenvalue weighted by Crippen LogP contribution is -2.33. The van der Waals surface area contributed by atoms with Crippen LogP contribution < -0.4 is 14.9 Å². The van der Waals surface area contributed by atoms with Crippen molar-refractivity contribution in [1.29, 1.82) is 0 Å². The van der Waals surface area contributed by atoms with Crippen LogP contribution in [0.5, 0.6) is 5.75 Å². The number of ether oxygens (including phenoxy) is 1. The van der Waals surface area contributed by atoms with Gasteiger partial charge in [-0.1, -0.05) is 30.3 Å². The molecule has 0 radical (unpaired) electrons. The van der Waals surface area contributed by atoms with E-state index in [0.29, 0.717) is 17.9 Å². The number of hydrogen-bond donors (Lipinski definition) is 0. The Morgan fingerprint density at radius 3 is 2.48 bits per heavy atom. The maximum Gasteiger partial charge on any atom is 0.336 e. The summed E-state index contributed by atoms with van der Waals surface area (Å²) in [5.74, 6) is 0.678. The van der Waals surface area contributed by atoms with Crippen molar-refractivity contribution in [3.05, 3.63) is 106 Å². The van der Waals surface area contributed by atoms with Crippen molar-refractivity contribution in [2.45, 2.75) is 20.1 Å². The first-order valence-electron chi connectivity index (χ1n) is 8.86. The predicted octanol–water partition coefficient (Wildman–Crippen LogP) is 4.02. The van der Waals surface area contributed by atoms with Crippen LogP contribution in [-0.4, -0.2) is 0 Å². The molecule has 0 bridgehead atoms. The van der Waals surface area contributed by atoms with Crippen LogP contribution in [0.4, 0.5) is 0 Å². The summed E-state index contributed by atoms with van der Waals surface area (Å²) in [4.78, 5) is 11.5. The monoisotopic (exact) mass is 358 g/mol. The van der Waals surface area contributed by atoms with Gasteiger partial charge in [0.05, 0.1) is 0 Å². The zero-order valence-corrected chi connectivity index (χ0v) is 15.1. The Labute approximate surface area is 157 Å². The largest absolute Gasteiger partial charge is 0.489 e. The van der Waals surface area contributed by atoms with Gasteiger partial charge in [0, 0.05) is 40.8 Å². The van der Waals surface area contributed by atoms with E-state index >= 15 is 0 Å². The Kier molecular flexibility index (Phi) is 4.71. The fourth-order valence-corrected chi connectivity index (χ4v) is 3.05. The van der Waals surface area contributed by atoms with Crippen molar-refractivity contribution in [3.8, 4) is 5.75 Å². The first-order valence-corrected chi connectivity index (χ1v) is 8.86. The molecule has 2 heterocycles. The van der Waals surface area contributed by atoms with E-state index in [9.17, 15) is 4.79 Å². The van der Waals surface area contributed by atoms with Gasteiger partial charge in [-0.05, 0) is 24.6 Å². The van der Waals surface area contributed by atoms with Gasteiger partial charge < -0.3 is 9.15 Å². The molecule has 0 amide bonds. The Hall–Kier alpha value is -3.40. The van der Waals surface area contributed by atoms with Crippen LogP contribution in [0.3, 0.4) is 0 Å². The molecule has 0 atom stereocenters. The number of nitrogens with zero attached hydrogens (tertiary/aromatic N) is 1. The molecular weight excluding hydrogens is 338 g/mol. The van der Waals surface area contributed by atoms with E-state index in [-0.39, 0.29) is 5.63 Å². The molecule has 2 aromatic heterocycles. The van der Waals surface area contributed by atoms with Crippen molar-refractivity contribution in [2.75, 3.05) is 0 Å². The maximum atomic E-state index is 11.5. The summed E-state index contributed by atoms with van der Waals surface area (Å²) in [7, 11) is 0. The average molecular weight is 358 g/mol. The van der Waals surface area contributed by atoms with Crippen molar-refractivity contribution < 1.29 is 13.7 Å². The first kappa shape index (κ1) is 17.0. The number of aryl methyl sites for hydroxylation is 1. The lowest BCUT2D eigenvalue weighted by atomic mass is 10.1. The first-order chi connectivity index (χ1) is 13.2. The van der Waals surface area contributed by atoms with E-state index in [1.54, 1.807) is 6.07 Å². The normalized spacial score (nSPS) is 10.9. The van der Waals surface area contributed by atoms with E-state index in [1.807, 2.05) is 49.4 Å². The highest BCUT2D eigenvalue weighted by atomic mass is 16.5. The van der Waals surface area contributed by atoms with Crippen molar-refractivity contribution >= 4 is 11.0 Å². The molecule has 0 N–H and O–H groups in total.